The molecule has 53 heavy (non-hydrogen) atoms. The van der Waals surface area contributed by atoms with Crippen molar-refractivity contribution in [2.24, 2.45) is 0 Å². The zero-order valence-electron chi connectivity index (χ0n) is 29.5. The fraction of sp³-hybridized carbons (Fsp3) is 0.238. The molecule has 4 heterocycles. The van der Waals surface area contributed by atoms with Gasteiger partial charge in [-0.05, 0) is 103 Å². The lowest BCUT2D eigenvalue weighted by molar-refractivity contribution is 0.0365. The predicted octanol–water partition coefficient (Wildman–Crippen LogP) is 7.55. The van der Waals surface area contributed by atoms with Crippen molar-refractivity contribution >= 4 is 51.5 Å². The summed E-state index contributed by atoms with van der Waals surface area (Å²) < 4.78 is 7.74. The van der Waals surface area contributed by atoms with E-state index >= 15 is 0 Å². The number of phenolic OH excluding ortho intramolecular Hbond substituents is 1. The van der Waals surface area contributed by atoms with Gasteiger partial charge in [0.1, 0.15) is 5.75 Å². The monoisotopic (exact) mass is 728 g/mol. The van der Waals surface area contributed by atoms with Crippen LogP contribution in [0.4, 0.5) is 16.2 Å². The molecule has 0 bridgehead atoms. The Morgan fingerprint density at radius 3 is 2.51 bits per heavy atom. The van der Waals surface area contributed by atoms with E-state index in [9.17, 15) is 14.7 Å². The first-order valence-corrected chi connectivity index (χ1v) is 18.3. The Morgan fingerprint density at radius 2 is 1.70 bits per heavy atom. The van der Waals surface area contributed by atoms with Gasteiger partial charge >= 0.3 is 6.03 Å². The van der Waals surface area contributed by atoms with Crippen LogP contribution in [0.1, 0.15) is 34.0 Å². The van der Waals surface area contributed by atoms with Gasteiger partial charge in [-0.3, -0.25) is 20.0 Å². The molecule has 1 fully saturated rings. The number of hydrogen-bond donors (Lipinski definition) is 2. The number of morpholine rings is 1. The minimum absolute atomic E-state index is 0.00470. The largest absolute Gasteiger partial charge is 0.508 e. The highest BCUT2D eigenvalue weighted by Crippen LogP contribution is 2.33. The lowest BCUT2D eigenvalue weighted by Gasteiger charge is -2.36. The molecular weight excluding hydrogens is 688 g/mol. The van der Waals surface area contributed by atoms with Crippen LogP contribution in [0.5, 0.6) is 5.75 Å². The van der Waals surface area contributed by atoms with E-state index in [0.29, 0.717) is 39.8 Å². The summed E-state index contributed by atoms with van der Waals surface area (Å²) >= 11 is 6.54. The number of halogens is 1. The maximum atomic E-state index is 14.6. The fourth-order valence-electron chi connectivity index (χ4n) is 7.40. The third-order valence-electron chi connectivity index (χ3n) is 10.3. The van der Waals surface area contributed by atoms with E-state index in [-0.39, 0.29) is 23.7 Å². The number of fused-ring (bicyclic) bond motifs is 2. The highest BCUT2D eigenvalue weighted by molar-refractivity contribution is 6.31. The van der Waals surface area contributed by atoms with Gasteiger partial charge < -0.3 is 19.3 Å². The second kappa shape index (κ2) is 14.8. The standard InChI is InChI=1S/C42H41ClN6O4/c1-29-25-30-5-2-3-6-32(30)28-47(29)41(51)37-14-8-33(43)27-38(37)39-7-4-17-48(44-39)42(52)49(34-9-12-36(50)13-10-34)35-11-15-40-31(26-35)16-18-46(40)20-19-45-21-23-53-24-22-45/h2-18,26-27,29,44,50H,19-25,28H2,1H3/t29-/m1/s1. The number of aromatic nitrogens is 1. The Kier molecular flexibility index (Phi) is 9.66. The Hall–Kier alpha value is -5.55. The number of rotatable bonds is 7. The molecule has 11 heteroatoms. The van der Waals surface area contributed by atoms with Gasteiger partial charge in [0.15, 0.2) is 0 Å². The number of nitrogens with one attached hydrogen (secondary N) is 1. The van der Waals surface area contributed by atoms with E-state index in [1.165, 1.54) is 10.6 Å². The van der Waals surface area contributed by atoms with Gasteiger partial charge in [0.25, 0.3) is 5.91 Å². The summed E-state index contributed by atoms with van der Waals surface area (Å²) in [7, 11) is 0. The summed E-state index contributed by atoms with van der Waals surface area (Å²) in [6.45, 7) is 7.76. The summed E-state index contributed by atoms with van der Waals surface area (Å²) in [5.74, 6) is -0.00970. The minimum atomic E-state index is -0.389. The molecule has 10 nitrogen and oxygen atoms in total. The van der Waals surface area contributed by atoms with Crippen molar-refractivity contribution in [3.8, 4) is 5.75 Å². The molecule has 1 atom stereocenters. The number of hydrogen-bond acceptors (Lipinski definition) is 6. The van der Waals surface area contributed by atoms with E-state index in [2.05, 4.69) is 46.2 Å². The number of carbonyl (C=O) groups is 2. The molecule has 3 amide bonds. The minimum Gasteiger partial charge on any atom is -0.508 e. The number of ether oxygens (including phenoxy) is 1. The number of allylic oxidation sites excluding steroid dienone is 2. The maximum absolute atomic E-state index is 14.6. The van der Waals surface area contributed by atoms with Crippen LogP contribution >= 0.6 is 11.6 Å². The molecule has 3 aliphatic rings. The molecule has 1 aromatic heterocycles. The van der Waals surface area contributed by atoms with Gasteiger partial charge in [-0.2, -0.15) is 0 Å². The lowest BCUT2D eigenvalue weighted by Crippen LogP contribution is -2.46. The number of amides is 3. The van der Waals surface area contributed by atoms with Crippen molar-refractivity contribution in [3.05, 3.63) is 143 Å². The van der Waals surface area contributed by atoms with Crippen molar-refractivity contribution in [2.75, 3.05) is 37.7 Å². The topological polar surface area (TPSA) is 93.5 Å². The molecule has 0 unspecified atom stereocenters. The average molecular weight is 729 g/mol. The molecule has 0 radical (unpaired) electrons. The van der Waals surface area contributed by atoms with Gasteiger partial charge in [-0.25, -0.2) is 9.80 Å². The summed E-state index contributed by atoms with van der Waals surface area (Å²) in [6.07, 6.45) is 8.11. The molecule has 2 N–H and O–H groups in total. The molecule has 8 rings (SSSR count). The van der Waals surface area contributed by atoms with Crippen LogP contribution < -0.4 is 10.3 Å². The first kappa shape index (κ1) is 34.5. The van der Waals surface area contributed by atoms with Crippen LogP contribution in [0.3, 0.4) is 0 Å². The smallest absolute Gasteiger partial charge is 0.351 e. The number of benzene rings is 4. The van der Waals surface area contributed by atoms with Crippen molar-refractivity contribution in [3.63, 3.8) is 0 Å². The molecule has 4 aromatic carbocycles. The second-order valence-corrected chi connectivity index (χ2v) is 14.1. The number of carbonyl (C=O) groups excluding carboxylic acids is 2. The van der Waals surface area contributed by atoms with Crippen LogP contribution in [0.2, 0.25) is 5.02 Å². The second-order valence-electron chi connectivity index (χ2n) is 13.7. The molecule has 270 valence electrons. The zero-order valence-corrected chi connectivity index (χ0v) is 30.2. The van der Waals surface area contributed by atoms with Gasteiger partial charge in [0, 0.05) is 78.2 Å². The number of hydrazine groups is 1. The summed E-state index contributed by atoms with van der Waals surface area (Å²) in [5.41, 5.74) is 9.59. The maximum Gasteiger partial charge on any atom is 0.351 e. The Bertz CT molecular complexity index is 2220. The van der Waals surface area contributed by atoms with Gasteiger partial charge in [0.05, 0.1) is 30.3 Å². The molecule has 3 aliphatic heterocycles. The number of phenols is 1. The van der Waals surface area contributed by atoms with E-state index in [0.717, 1.165) is 62.3 Å². The average Bonchev–Trinajstić information content (AvgIpc) is 3.60. The third kappa shape index (κ3) is 7.13. The SMILES string of the molecule is C[C@@H]1Cc2ccccc2CN1C(=O)c1ccc(Cl)cc1C1=CC=CN(C(=O)N(c2ccc(O)cc2)c2ccc3c(ccn3CCN3CCOCC3)c2)N1. The highest BCUT2D eigenvalue weighted by atomic mass is 35.5. The van der Waals surface area contributed by atoms with Crippen molar-refractivity contribution in [2.45, 2.75) is 32.5 Å². The van der Waals surface area contributed by atoms with Crippen LogP contribution in [0, 0.1) is 0 Å². The summed E-state index contributed by atoms with van der Waals surface area (Å²) in [6, 6.07) is 27.7. The van der Waals surface area contributed by atoms with Crippen molar-refractivity contribution < 1.29 is 19.4 Å². The van der Waals surface area contributed by atoms with Gasteiger partial charge in [-0.15, -0.1) is 0 Å². The van der Waals surface area contributed by atoms with E-state index in [4.69, 9.17) is 16.3 Å². The number of urea groups is 1. The molecule has 1 saturated heterocycles. The van der Waals surface area contributed by atoms with Crippen LogP contribution in [0.25, 0.3) is 16.6 Å². The lowest BCUT2D eigenvalue weighted by atomic mass is 9.93. The summed E-state index contributed by atoms with van der Waals surface area (Å²) in [4.78, 5) is 34.7. The van der Waals surface area contributed by atoms with Crippen LogP contribution in [-0.4, -0.2) is 75.3 Å². The summed E-state index contributed by atoms with van der Waals surface area (Å²) in [5, 5.41) is 13.0. The van der Waals surface area contributed by atoms with Crippen LogP contribution in [-0.2, 0) is 24.2 Å². The van der Waals surface area contributed by atoms with Crippen molar-refractivity contribution in [1.29, 1.82) is 0 Å². The van der Waals surface area contributed by atoms with E-state index in [1.54, 1.807) is 59.6 Å². The van der Waals surface area contributed by atoms with Gasteiger partial charge in [0.2, 0.25) is 0 Å². The first-order valence-electron chi connectivity index (χ1n) is 18.0. The molecule has 5 aromatic rings. The molecular formula is C42H41ClN6O4. The number of nitrogens with zero attached hydrogens (tertiary/aromatic N) is 5. The Balaban J connectivity index is 1.06. The van der Waals surface area contributed by atoms with E-state index < -0.39 is 0 Å². The quantitative estimate of drug-likeness (QED) is 0.180. The normalized spacial score (nSPS) is 17.3. The third-order valence-corrected chi connectivity index (χ3v) is 10.5. The number of anilines is 2. The molecule has 0 saturated carbocycles. The van der Waals surface area contributed by atoms with Crippen molar-refractivity contribution in [1.82, 2.24) is 24.8 Å². The Morgan fingerprint density at radius 1 is 0.925 bits per heavy atom. The van der Waals surface area contributed by atoms with E-state index in [1.807, 2.05) is 41.3 Å². The molecule has 0 spiro atoms. The fourth-order valence-corrected chi connectivity index (χ4v) is 7.57. The van der Waals surface area contributed by atoms with Crippen LogP contribution in [0.15, 0.2) is 116 Å². The van der Waals surface area contributed by atoms with Gasteiger partial charge in [-0.1, -0.05) is 35.9 Å². The Labute approximate surface area is 313 Å². The first-order chi connectivity index (χ1) is 25.8. The number of aromatic hydroxyl groups is 1. The highest BCUT2D eigenvalue weighted by Gasteiger charge is 2.31. The predicted molar refractivity (Wildman–Crippen MR) is 208 cm³/mol. The zero-order chi connectivity index (χ0) is 36.5. The molecule has 0 aliphatic carbocycles.